The standard InChI is InChI=1S/C14H21N3O3/c1-10(2)20-11-6-9-15-13(16-11)17-14(12(18)19)7-4-3-5-8-14/h6,9-10H,3-5,7-8H2,1-2H3,(H,18,19)(H,15,16,17). The highest BCUT2D eigenvalue weighted by atomic mass is 16.5. The van der Waals surface area contributed by atoms with Gasteiger partial charge in [-0.15, -0.1) is 0 Å². The zero-order valence-corrected chi connectivity index (χ0v) is 11.9. The molecule has 0 spiro atoms. The maximum absolute atomic E-state index is 11.6. The zero-order valence-electron chi connectivity index (χ0n) is 11.9. The molecule has 1 fully saturated rings. The molecule has 1 heterocycles. The number of carboxylic acid groups (broad SMARTS) is 1. The lowest BCUT2D eigenvalue weighted by Crippen LogP contribution is -2.48. The number of nitrogens with zero attached hydrogens (tertiary/aromatic N) is 2. The van der Waals surface area contributed by atoms with Crippen LogP contribution in [0.3, 0.4) is 0 Å². The molecule has 110 valence electrons. The normalized spacial score (nSPS) is 17.8. The van der Waals surface area contributed by atoms with Crippen molar-refractivity contribution in [1.29, 1.82) is 0 Å². The first kappa shape index (κ1) is 14.6. The van der Waals surface area contributed by atoms with Crippen LogP contribution in [0.2, 0.25) is 0 Å². The van der Waals surface area contributed by atoms with Gasteiger partial charge in [0.2, 0.25) is 11.8 Å². The Labute approximate surface area is 118 Å². The number of hydrogen-bond donors (Lipinski definition) is 2. The molecule has 0 aliphatic heterocycles. The Bertz CT molecular complexity index is 470. The van der Waals surface area contributed by atoms with Gasteiger partial charge in [-0.25, -0.2) is 9.78 Å². The number of hydrogen-bond acceptors (Lipinski definition) is 5. The van der Waals surface area contributed by atoms with Crippen molar-refractivity contribution in [3.05, 3.63) is 12.3 Å². The summed E-state index contributed by atoms with van der Waals surface area (Å²) in [5.41, 5.74) is -0.950. The molecule has 6 nitrogen and oxygen atoms in total. The van der Waals surface area contributed by atoms with Gasteiger partial charge in [0.05, 0.1) is 6.10 Å². The second-order valence-electron chi connectivity index (χ2n) is 5.46. The number of nitrogens with one attached hydrogen (secondary N) is 1. The number of aromatic nitrogens is 2. The van der Waals surface area contributed by atoms with Crippen molar-refractivity contribution >= 4 is 11.9 Å². The topological polar surface area (TPSA) is 84.3 Å². The van der Waals surface area contributed by atoms with Gasteiger partial charge in [0, 0.05) is 12.3 Å². The first-order valence-electron chi connectivity index (χ1n) is 7.03. The van der Waals surface area contributed by atoms with E-state index in [9.17, 15) is 9.90 Å². The maximum atomic E-state index is 11.6. The molecule has 1 aliphatic carbocycles. The molecule has 1 aromatic heterocycles. The van der Waals surface area contributed by atoms with Gasteiger partial charge in [0.25, 0.3) is 0 Å². The predicted octanol–water partition coefficient (Wildman–Crippen LogP) is 2.46. The summed E-state index contributed by atoms with van der Waals surface area (Å²) >= 11 is 0. The molecule has 1 aliphatic rings. The summed E-state index contributed by atoms with van der Waals surface area (Å²) in [6, 6.07) is 1.67. The van der Waals surface area contributed by atoms with Crippen LogP contribution in [0.5, 0.6) is 5.88 Å². The highest BCUT2D eigenvalue weighted by Crippen LogP contribution is 2.31. The molecule has 0 atom stereocenters. The summed E-state index contributed by atoms with van der Waals surface area (Å²) in [7, 11) is 0. The fourth-order valence-corrected chi connectivity index (χ4v) is 2.47. The monoisotopic (exact) mass is 279 g/mol. The van der Waals surface area contributed by atoms with E-state index in [-0.39, 0.29) is 6.10 Å². The average Bonchev–Trinajstić information content (AvgIpc) is 2.39. The summed E-state index contributed by atoms with van der Waals surface area (Å²) in [5, 5.41) is 12.5. The Morgan fingerprint density at radius 3 is 2.70 bits per heavy atom. The van der Waals surface area contributed by atoms with Crippen LogP contribution in [0, 0.1) is 0 Å². The van der Waals surface area contributed by atoms with Crippen molar-refractivity contribution in [3.63, 3.8) is 0 Å². The quantitative estimate of drug-likeness (QED) is 0.861. The fourth-order valence-electron chi connectivity index (χ4n) is 2.47. The highest BCUT2D eigenvalue weighted by molar-refractivity contribution is 5.82. The van der Waals surface area contributed by atoms with Crippen LogP contribution in [0.15, 0.2) is 12.3 Å². The van der Waals surface area contributed by atoms with E-state index >= 15 is 0 Å². The summed E-state index contributed by atoms with van der Waals surface area (Å²) in [5.74, 6) is -0.0720. The largest absolute Gasteiger partial charge is 0.480 e. The van der Waals surface area contributed by atoms with Crippen molar-refractivity contribution < 1.29 is 14.6 Å². The molecule has 0 amide bonds. The van der Waals surface area contributed by atoms with Crippen LogP contribution in [0.25, 0.3) is 0 Å². The Balaban J connectivity index is 2.16. The number of aliphatic carboxylic acids is 1. The minimum absolute atomic E-state index is 0.0147. The van der Waals surface area contributed by atoms with Gasteiger partial charge < -0.3 is 15.2 Å². The third-order valence-corrected chi connectivity index (χ3v) is 3.45. The number of carbonyl (C=O) groups is 1. The molecule has 1 saturated carbocycles. The number of rotatable bonds is 5. The Morgan fingerprint density at radius 1 is 1.40 bits per heavy atom. The smallest absolute Gasteiger partial charge is 0.329 e. The first-order valence-corrected chi connectivity index (χ1v) is 7.03. The SMILES string of the molecule is CC(C)Oc1ccnc(NC2(C(=O)O)CCCCC2)n1. The fraction of sp³-hybridized carbons (Fsp3) is 0.643. The van der Waals surface area contributed by atoms with Gasteiger partial charge in [-0.3, -0.25) is 0 Å². The number of carboxylic acids is 1. The summed E-state index contributed by atoms with van der Waals surface area (Å²) < 4.78 is 5.50. The van der Waals surface area contributed by atoms with E-state index < -0.39 is 11.5 Å². The van der Waals surface area contributed by atoms with Crippen molar-refractivity contribution in [2.24, 2.45) is 0 Å². The van der Waals surface area contributed by atoms with E-state index in [0.717, 1.165) is 19.3 Å². The van der Waals surface area contributed by atoms with Gasteiger partial charge in [-0.05, 0) is 26.7 Å². The molecular formula is C14H21N3O3. The van der Waals surface area contributed by atoms with Crippen LogP contribution in [0.1, 0.15) is 46.0 Å². The van der Waals surface area contributed by atoms with Crippen LogP contribution >= 0.6 is 0 Å². The van der Waals surface area contributed by atoms with E-state index in [0.29, 0.717) is 24.7 Å². The van der Waals surface area contributed by atoms with E-state index in [2.05, 4.69) is 15.3 Å². The minimum atomic E-state index is -0.950. The number of ether oxygens (including phenoxy) is 1. The summed E-state index contributed by atoms with van der Waals surface area (Å²) in [6.07, 6.45) is 5.67. The van der Waals surface area contributed by atoms with Gasteiger partial charge in [0.15, 0.2) is 0 Å². The second kappa shape index (κ2) is 6.07. The first-order chi connectivity index (χ1) is 9.52. The summed E-state index contributed by atoms with van der Waals surface area (Å²) in [6.45, 7) is 3.82. The van der Waals surface area contributed by atoms with Gasteiger partial charge in [-0.1, -0.05) is 19.3 Å². The molecule has 6 heteroatoms. The predicted molar refractivity (Wildman–Crippen MR) is 74.9 cm³/mol. The molecule has 0 aromatic carbocycles. The minimum Gasteiger partial charge on any atom is -0.480 e. The molecule has 20 heavy (non-hydrogen) atoms. The molecular weight excluding hydrogens is 258 g/mol. The average molecular weight is 279 g/mol. The van der Waals surface area contributed by atoms with E-state index in [4.69, 9.17) is 4.74 Å². The van der Waals surface area contributed by atoms with Crippen LogP contribution in [-0.4, -0.2) is 32.7 Å². The van der Waals surface area contributed by atoms with Crippen molar-refractivity contribution in [3.8, 4) is 5.88 Å². The number of anilines is 1. The van der Waals surface area contributed by atoms with Gasteiger partial charge in [-0.2, -0.15) is 4.98 Å². The lowest BCUT2D eigenvalue weighted by atomic mass is 9.82. The Kier molecular flexibility index (Phi) is 4.42. The molecule has 0 unspecified atom stereocenters. The van der Waals surface area contributed by atoms with E-state index in [1.165, 1.54) is 0 Å². The zero-order chi connectivity index (χ0) is 14.6. The lowest BCUT2D eigenvalue weighted by Gasteiger charge is -2.33. The molecule has 2 N–H and O–H groups in total. The van der Waals surface area contributed by atoms with Gasteiger partial charge >= 0.3 is 5.97 Å². The Hall–Kier alpha value is -1.85. The molecule has 2 rings (SSSR count). The third kappa shape index (κ3) is 3.37. The second-order valence-corrected chi connectivity index (χ2v) is 5.46. The van der Waals surface area contributed by atoms with E-state index in [1.54, 1.807) is 12.3 Å². The summed E-state index contributed by atoms with van der Waals surface area (Å²) in [4.78, 5) is 19.9. The van der Waals surface area contributed by atoms with Crippen LogP contribution < -0.4 is 10.1 Å². The van der Waals surface area contributed by atoms with Crippen LogP contribution in [0.4, 0.5) is 5.95 Å². The van der Waals surface area contributed by atoms with Crippen molar-refractivity contribution in [2.75, 3.05) is 5.32 Å². The maximum Gasteiger partial charge on any atom is 0.329 e. The Morgan fingerprint density at radius 2 is 2.10 bits per heavy atom. The highest BCUT2D eigenvalue weighted by Gasteiger charge is 2.40. The molecule has 0 bridgehead atoms. The van der Waals surface area contributed by atoms with E-state index in [1.807, 2.05) is 13.8 Å². The third-order valence-electron chi connectivity index (χ3n) is 3.45. The molecule has 1 aromatic rings. The van der Waals surface area contributed by atoms with Gasteiger partial charge in [0.1, 0.15) is 5.54 Å². The van der Waals surface area contributed by atoms with Crippen molar-refractivity contribution in [2.45, 2.75) is 57.6 Å². The van der Waals surface area contributed by atoms with Crippen LogP contribution in [-0.2, 0) is 4.79 Å². The molecule has 0 saturated heterocycles. The lowest BCUT2D eigenvalue weighted by molar-refractivity contribution is -0.143. The molecule has 0 radical (unpaired) electrons. The van der Waals surface area contributed by atoms with Crippen molar-refractivity contribution in [1.82, 2.24) is 9.97 Å².